The lowest BCUT2D eigenvalue weighted by Crippen LogP contribution is -2.71. The number of anilines is 1. The van der Waals surface area contributed by atoms with Crippen LogP contribution in [-0.2, 0) is 26.3 Å². The molecule has 18 heteroatoms. The summed E-state index contributed by atoms with van der Waals surface area (Å²) in [5.74, 6) is -2.68. The molecule has 36 heavy (non-hydrogen) atoms. The van der Waals surface area contributed by atoms with E-state index >= 15 is 0 Å². The number of H-pyrrole nitrogens is 1. The molecule has 2 aliphatic heterocycles. The number of aliphatic carboxylic acids is 1. The second-order valence-corrected chi connectivity index (χ2v) is 10.2. The molecule has 15 nitrogen and oxygen atoms in total. The Morgan fingerprint density at radius 1 is 1.39 bits per heavy atom. The van der Waals surface area contributed by atoms with Crippen molar-refractivity contribution in [1.29, 1.82) is 0 Å². The summed E-state index contributed by atoms with van der Waals surface area (Å²) in [5, 5.41) is 21.6. The van der Waals surface area contributed by atoms with Crippen LogP contribution in [0.1, 0.15) is 5.69 Å². The number of nitrogens with one attached hydrogen (secondary N) is 2. The summed E-state index contributed by atoms with van der Waals surface area (Å²) in [6.45, 7) is 0. The Morgan fingerprint density at radius 2 is 2.14 bits per heavy atom. The van der Waals surface area contributed by atoms with Crippen molar-refractivity contribution in [3.63, 3.8) is 0 Å². The topological polar surface area (TPSA) is 218 Å². The number of amides is 2. The number of fused-ring (bicyclic) bond motifs is 1. The molecule has 2 atom stereocenters. The second-order valence-electron chi connectivity index (χ2n) is 7.28. The largest absolute Gasteiger partial charge is 0.543 e. The van der Waals surface area contributed by atoms with Crippen molar-refractivity contribution in [1.82, 2.24) is 30.0 Å². The van der Waals surface area contributed by atoms with E-state index < -0.39 is 40.3 Å². The highest BCUT2D eigenvalue weighted by Gasteiger charge is 2.53. The summed E-state index contributed by atoms with van der Waals surface area (Å²) in [6.07, 6.45) is 0. The first kappa shape index (κ1) is 25.5. The first-order chi connectivity index (χ1) is 17.1. The van der Waals surface area contributed by atoms with Crippen molar-refractivity contribution in [2.24, 2.45) is 12.2 Å². The van der Waals surface area contributed by atoms with Gasteiger partial charge in [0, 0.05) is 23.9 Å². The minimum absolute atomic E-state index is 0.0616. The van der Waals surface area contributed by atoms with Gasteiger partial charge >= 0.3 is 11.1 Å². The molecule has 0 radical (unpaired) electrons. The quantitative estimate of drug-likeness (QED) is 0.0983. The Kier molecular flexibility index (Phi) is 7.18. The van der Waals surface area contributed by atoms with Gasteiger partial charge in [-0.2, -0.15) is 4.98 Å². The van der Waals surface area contributed by atoms with Crippen molar-refractivity contribution in [3.8, 4) is 0 Å². The lowest BCUT2D eigenvalue weighted by molar-refractivity contribution is -0.301. The van der Waals surface area contributed by atoms with E-state index in [1.807, 2.05) is 0 Å². The van der Waals surface area contributed by atoms with E-state index in [0.717, 1.165) is 28.0 Å². The molecule has 0 unspecified atom stereocenters. The van der Waals surface area contributed by atoms with Gasteiger partial charge in [0.15, 0.2) is 16.0 Å². The number of carboxylic acids is 1. The van der Waals surface area contributed by atoms with Gasteiger partial charge in [-0.3, -0.25) is 33.9 Å². The maximum atomic E-state index is 12.9. The van der Waals surface area contributed by atoms with Crippen LogP contribution < -0.4 is 27.3 Å². The molecule has 190 valence electrons. The van der Waals surface area contributed by atoms with Gasteiger partial charge in [0.1, 0.15) is 24.2 Å². The zero-order chi connectivity index (χ0) is 26.1. The number of rotatable bonds is 8. The van der Waals surface area contributed by atoms with Crippen molar-refractivity contribution >= 4 is 63.5 Å². The van der Waals surface area contributed by atoms with E-state index in [4.69, 9.17) is 10.6 Å². The molecule has 4 N–H and O–H groups in total. The molecule has 0 aromatic carbocycles. The molecule has 0 aliphatic carbocycles. The molecule has 0 spiro atoms. The van der Waals surface area contributed by atoms with Crippen LogP contribution in [0.5, 0.6) is 0 Å². The number of aryl methyl sites for hydroxylation is 1. The highest BCUT2D eigenvalue weighted by Crippen LogP contribution is 2.41. The van der Waals surface area contributed by atoms with Crippen LogP contribution in [0.3, 0.4) is 0 Å². The molecular weight excluding hydrogens is 536 g/mol. The van der Waals surface area contributed by atoms with E-state index in [1.165, 1.54) is 36.0 Å². The number of nitrogens with two attached hydrogens (primary N) is 1. The predicted octanol–water partition coefficient (Wildman–Crippen LogP) is -2.95. The molecule has 1 fully saturated rings. The number of carbonyl (C=O) groups is 3. The average molecular weight is 554 g/mol. The van der Waals surface area contributed by atoms with Gasteiger partial charge in [0.05, 0.1) is 11.7 Å². The molecule has 2 aromatic heterocycles. The summed E-state index contributed by atoms with van der Waals surface area (Å²) in [7, 11) is 2.72. The summed E-state index contributed by atoms with van der Waals surface area (Å²) < 4.78 is 1.24. The number of β-lactam (4-membered cyclic amide) rings is 1. The molecule has 2 aromatic rings. The van der Waals surface area contributed by atoms with Gasteiger partial charge in [-0.15, -0.1) is 23.1 Å². The summed E-state index contributed by atoms with van der Waals surface area (Å²) in [6, 6.07) is -1.02. The molecule has 2 amide bonds. The van der Waals surface area contributed by atoms with Gasteiger partial charge in [0.25, 0.3) is 11.8 Å². The van der Waals surface area contributed by atoms with E-state index in [0.29, 0.717) is 5.57 Å². The Balaban J connectivity index is 1.51. The summed E-state index contributed by atoms with van der Waals surface area (Å²) >= 11 is 3.35. The zero-order valence-electron chi connectivity index (χ0n) is 18.5. The van der Waals surface area contributed by atoms with Crippen LogP contribution in [-0.4, -0.2) is 78.2 Å². The second kappa shape index (κ2) is 10.2. The standard InChI is InChI=1S/C18H18N8O7S3/c1-25-18(22-12(28)13(29)23-25)36-4-6-3-34-15-9(14(30)26(15)10(6)16(31)32)21-11(27)8(24-33-2)7-5-35-17(19)20-7/h5,9,15H,3-4H2,1-2H3,(H2,19,20)(H,21,27)(H,23,29)(H,31,32)/p-1/b24-8+/t9-,15-/m1/s1. The third-order valence-corrected chi connectivity index (χ3v) is 8.14. The fraction of sp³-hybridized carbons (Fsp3) is 0.333. The van der Waals surface area contributed by atoms with Crippen LogP contribution in [0.15, 0.2) is 36.6 Å². The van der Waals surface area contributed by atoms with Gasteiger partial charge in [-0.25, -0.2) is 4.98 Å². The van der Waals surface area contributed by atoms with Crippen LogP contribution >= 0.6 is 34.9 Å². The number of hydrogen-bond donors (Lipinski definition) is 3. The zero-order valence-corrected chi connectivity index (χ0v) is 21.0. The van der Waals surface area contributed by atoms with Gasteiger partial charge < -0.3 is 25.8 Å². The van der Waals surface area contributed by atoms with E-state index in [2.05, 4.69) is 25.5 Å². The number of thiazole rings is 1. The first-order valence-corrected chi connectivity index (χ1v) is 12.8. The summed E-state index contributed by atoms with van der Waals surface area (Å²) in [5.41, 5.74) is 3.77. The Morgan fingerprint density at radius 3 is 2.78 bits per heavy atom. The molecule has 4 rings (SSSR count). The number of nitrogens with zero attached hydrogens (tertiary/aromatic N) is 5. The lowest BCUT2D eigenvalue weighted by Gasteiger charge is -2.50. The van der Waals surface area contributed by atoms with Crippen LogP contribution in [0.2, 0.25) is 0 Å². The number of aromatic nitrogens is 4. The number of nitrogen functional groups attached to an aromatic ring is 1. The Bertz CT molecular complexity index is 1430. The number of oxime groups is 1. The SMILES string of the molecule is CO/N=C(/C(=O)N[C@@H]1C(=O)N2C(C(=O)[O-])=C(CSc3nc(=O)c(=O)[nH]n3C)CS[C@H]12)c1csc(N)n1. The Hall–Kier alpha value is -3.64. The highest BCUT2D eigenvalue weighted by atomic mass is 32.2. The van der Waals surface area contributed by atoms with Crippen LogP contribution in [0.25, 0.3) is 0 Å². The fourth-order valence-corrected chi connectivity index (χ4v) is 6.38. The first-order valence-electron chi connectivity index (χ1n) is 9.94. The normalized spacial score (nSPS) is 19.6. The van der Waals surface area contributed by atoms with Gasteiger partial charge in [0.2, 0.25) is 0 Å². The minimum Gasteiger partial charge on any atom is -0.543 e. The third kappa shape index (κ3) is 4.73. The van der Waals surface area contributed by atoms with E-state index in [1.54, 1.807) is 0 Å². The monoisotopic (exact) mass is 553 g/mol. The fourth-order valence-electron chi connectivity index (χ4n) is 3.43. The lowest BCUT2D eigenvalue weighted by atomic mass is 10.0. The van der Waals surface area contributed by atoms with Gasteiger partial charge in [-0.1, -0.05) is 16.9 Å². The minimum atomic E-state index is -1.56. The number of thioether (sulfide) groups is 2. The smallest absolute Gasteiger partial charge is 0.339 e. The van der Waals surface area contributed by atoms with Crippen molar-refractivity contribution in [3.05, 3.63) is 43.1 Å². The molecular formula is C18H17N8O7S3-. The summed E-state index contributed by atoms with van der Waals surface area (Å²) in [4.78, 5) is 74.0. The predicted molar refractivity (Wildman–Crippen MR) is 128 cm³/mol. The molecule has 4 heterocycles. The number of carbonyl (C=O) groups excluding carboxylic acids is 3. The number of hydrogen-bond acceptors (Lipinski definition) is 14. The maximum absolute atomic E-state index is 12.9. The molecule has 0 bridgehead atoms. The number of aromatic amines is 1. The Labute approximate surface area is 213 Å². The average Bonchev–Trinajstić information content (AvgIpc) is 3.27. The van der Waals surface area contributed by atoms with Crippen molar-refractivity contribution in [2.45, 2.75) is 16.6 Å². The van der Waals surface area contributed by atoms with E-state index in [-0.39, 0.29) is 38.9 Å². The maximum Gasteiger partial charge on any atom is 0.339 e. The number of carboxylic acid groups (broad SMARTS) is 1. The van der Waals surface area contributed by atoms with Gasteiger partial charge in [-0.05, 0) is 5.57 Å². The van der Waals surface area contributed by atoms with Crippen molar-refractivity contribution in [2.75, 3.05) is 24.3 Å². The van der Waals surface area contributed by atoms with E-state index in [9.17, 15) is 29.1 Å². The van der Waals surface area contributed by atoms with Crippen LogP contribution in [0.4, 0.5) is 5.13 Å². The highest BCUT2D eigenvalue weighted by molar-refractivity contribution is 8.01. The van der Waals surface area contributed by atoms with Crippen LogP contribution in [0, 0.1) is 0 Å². The third-order valence-electron chi connectivity index (χ3n) is 5.01. The molecule has 0 saturated carbocycles. The molecule has 1 saturated heterocycles. The molecule has 2 aliphatic rings. The van der Waals surface area contributed by atoms with Crippen molar-refractivity contribution < 1.29 is 24.3 Å².